The molecule has 20 heavy (non-hydrogen) atoms. The lowest BCUT2D eigenvalue weighted by atomic mass is 9.94. The smallest absolute Gasteiger partial charge is 0.236 e. The zero-order valence-corrected chi connectivity index (χ0v) is 12.3. The molecule has 6 nitrogen and oxygen atoms in total. The third-order valence-corrected chi connectivity index (χ3v) is 4.54. The third-order valence-electron chi connectivity index (χ3n) is 4.54. The number of nitrogens with one attached hydrogen (secondary N) is 1. The molecule has 1 aliphatic carbocycles. The summed E-state index contributed by atoms with van der Waals surface area (Å²) in [5.74, 6) is -0.254. The molecule has 0 bridgehead atoms. The normalized spacial score (nSPS) is 25.4. The number of nitrogens with zero attached hydrogens (tertiary/aromatic N) is 2. The van der Waals surface area contributed by atoms with Gasteiger partial charge in [0.25, 0.3) is 0 Å². The van der Waals surface area contributed by atoms with Crippen molar-refractivity contribution in [2.75, 3.05) is 33.2 Å². The minimum absolute atomic E-state index is 0.102. The summed E-state index contributed by atoms with van der Waals surface area (Å²) in [6, 6.07) is -0.00125. The van der Waals surface area contributed by atoms with Crippen LogP contribution in [0.3, 0.4) is 0 Å². The van der Waals surface area contributed by atoms with Gasteiger partial charge >= 0.3 is 0 Å². The van der Waals surface area contributed by atoms with Gasteiger partial charge in [0.2, 0.25) is 11.8 Å². The molecule has 6 heteroatoms. The molecule has 0 aromatic rings. The highest BCUT2D eigenvalue weighted by atomic mass is 16.2. The molecule has 114 valence electrons. The molecule has 0 spiro atoms. The quantitative estimate of drug-likeness (QED) is 0.731. The van der Waals surface area contributed by atoms with Crippen LogP contribution in [0, 0.1) is 0 Å². The van der Waals surface area contributed by atoms with Crippen LogP contribution < -0.4 is 11.1 Å². The van der Waals surface area contributed by atoms with E-state index in [1.165, 1.54) is 19.3 Å². The first-order valence-corrected chi connectivity index (χ1v) is 7.59. The van der Waals surface area contributed by atoms with Gasteiger partial charge < -0.3 is 16.0 Å². The molecule has 2 amide bonds. The molecule has 3 N–H and O–H groups in total. The summed E-state index contributed by atoms with van der Waals surface area (Å²) in [5, 5.41) is 3.14. The highest BCUT2D eigenvalue weighted by Crippen LogP contribution is 2.21. The molecular formula is C14H26N4O2. The number of carbonyl (C=O) groups excluding carboxylic acids is 2. The molecule has 0 aromatic heterocycles. The van der Waals surface area contributed by atoms with Crippen molar-refractivity contribution < 1.29 is 9.59 Å². The van der Waals surface area contributed by atoms with Crippen molar-refractivity contribution in [3.8, 4) is 0 Å². The minimum Gasteiger partial charge on any atom is -0.368 e. The molecule has 1 heterocycles. The second-order valence-corrected chi connectivity index (χ2v) is 5.89. The standard InChI is InChI=1S/C14H26N4O2/c1-17(11-5-3-2-4-6-11)13(19)10-18-8-7-16-9-12(18)14(15)20/h11-12,16H,2-10H2,1H3,(H2,15,20). The summed E-state index contributed by atoms with van der Waals surface area (Å²) in [4.78, 5) is 27.6. The number of piperazine rings is 1. The second-order valence-electron chi connectivity index (χ2n) is 5.89. The van der Waals surface area contributed by atoms with Crippen LogP contribution >= 0.6 is 0 Å². The van der Waals surface area contributed by atoms with Crippen molar-refractivity contribution in [2.24, 2.45) is 5.73 Å². The topological polar surface area (TPSA) is 78.7 Å². The number of amides is 2. The molecule has 1 unspecified atom stereocenters. The monoisotopic (exact) mass is 282 g/mol. The fourth-order valence-corrected chi connectivity index (χ4v) is 3.17. The highest BCUT2D eigenvalue weighted by Gasteiger charge is 2.30. The Kier molecular flexibility index (Phi) is 5.37. The van der Waals surface area contributed by atoms with E-state index in [1.807, 2.05) is 16.8 Å². The van der Waals surface area contributed by atoms with Crippen LogP contribution in [0.1, 0.15) is 32.1 Å². The Hall–Kier alpha value is -1.14. The van der Waals surface area contributed by atoms with E-state index in [-0.39, 0.29) is 17.9 Å². The molecule has 0 aromatic carbocycles. The number of hydrogen-bond acceptors (Lipinski definition) is 4. The second kappa shape index (κ2) is 7.04. The molecule has 1 aliphatic heterocycles. The Balaban J connectivity index is 1.89. The molecule has 2 rings (SSSR count). The summed E-state index contributed by atoms with van der Waals surface area (Å²) in [6.45, 7) is 2.32. The Bertz CT molecular complexity index is 355. The van der Waals surface area contributed by atoms with Gasteiger partial charge in [-0.3, -0.25) is 14.5 Å². The Labute approximate surface area is 120 Å². The molecule has 2 aliphatic rings. The maximum absolute atomic E-state index is 12.4. The Morgan fingerprint density at radius 2 is 2.00 bits per heavy atom. The number of primary amides is 1. The van der Waals surface area contributed by atoms with Crippen molar-refractivity contribution in [3.05, 3.63) is 0 Å². The van der Waals surface area contributed by atoms with Crippen molar-refractivity contribution >= 4 is 11.8 Å². The van der Waals surface area contributed by atoms with Gasteiger partial charge in [-0.25, -0.2) is 0 Å². The first-order chi connectivity index (χ1) is 9.59. The molecule has 1 atom stereocenters. The van der Waals surface area contributed by atoms with Gasteiger partial charge in [0.1, 0.15) is 6.04 Å². The molecule has 0 radical (unpaired) electrons. The summed E-state index contributed by atoms with van der Waals surface area (Å²) in [6.07, 6.45) is 5.89. The van der Waals surface area contributed by atoms with Crippen LogP contribution in [0.2, 0.25) is 0 Å². The van der Waals surface area contributed by atoms with Crippen LogP contribution in [0.5, 0.6) is 0 Å². The van der Waals surface area contributed by atoms with Crippen LogP contribution in [0.15, 0.2) is 0 Å². The Morgan fingerprint density at radius 3 is 2.65 bits per heavy atom. The van der Waals surface area contributed by atoms with E-state index in [1.54, 1.807) is 0 Å². The average Bonchev–Trinajstić information content (AvgIpc) is 2.47. The summed E-state index contributed by atoms with van der Waals surface area (Å²) in [7, 11) is 1.89. The van der Waals surface area contributed by atoms with E-state index < -0.39 is 0 Å². The van der Waals surface area contributed by atoms with E-state index in [0.29, 0.717) is 25.7 Å². The van der Waals surface area contributed by atoms with Crippen LogP contribution in [0.25, 0.3) is 0 Å². The molecule has 1 saturated carbocycles. The summed E-state index contributed by atoms with van der Waals surface area (Å²) < 4.78 is 0. The van der Waals surface area contributed by atoms with E-state index in [4.69, 9.17) is 5.73 Å². The van der Waals surface area contributed by atoms with E-state index >= 15 is 0 Å². The minimum atomic E-state index is -0.368. The predicted octanol–water partition coefficient (Wildman–Crippen LogP) is -0.463. The van der Waals surface area contributed by atoms with Gasteiger partial charge in [-0.15, -0.1) is 0 Å². The van der Waals surface area contributed by atoms with Crippen molar-refractivity contribution in [2.45, 2.75) is 44.2 Å². The number of carbonyl (C=O) groups is 2. The van der Waals surface area contributed by atoms with Crippen LogP contribution in [0.4, 0.5) is 0 Å². The number of hydrogen-bond donors (Lipinski definition) is 2. The maximum Gasteiger partial charge on any atom is 0.236 e. The fraction of sp³-hybridized carbons (Fsp3) is 0.857. The molecule has 2 fully saturated rings. The molecule has 1 saturated heterocycles. The first-order valence-electron chi connectivity index (χ1n) is 7.59. The summed E-state index contributed by atoms with van der Waals surface area (Å²) in [5.41, 5.74) is 5.41. The van der Waals surface area contributed by atoms with E-state index in [9.17, 15) is 9.59 Å². The van der Waals surface area contributed by atoms with E-state index in [0.717, 1.165) is 19.4 Å². The maximum atomic E-state index is 12.4. The third kappa shape index (κ3) is 3.70. The SMILES string of the molecule is CN(C(=O)CN1CCNCC1C(N)=O)C1CCCCC1. The first kappa shape index (κ1) is 15.3. The lowest BCUT2D eigenvalue weighted by Crippen LogP contribution is -2.59. The summed E-state index contributed by atoms with van der Waals surface area (Å²) >= 11 is 0. The van der Waals surface area contributed by atoms with Gasteiger partial charge in [-0.1, -0.05) is 19.3 Å². The average molecular weight is 282 g/mol. The van der Waals surface area contributed by atoms with Crippen molar-refractivity contribution in [1.82, 2.24) is 15.1 Å². The lowest BCUT2D eigenvalue weighted by Gasteiger charge is -2.36. The van der Waals surface area contributed by atoms with Crippen molar-refractivity contribution in [1.29, 1.82) is 0 Å². The van der Waals surface area contributed by atoms with Gasteiger partial charge in [-0.2, -0.15) is 0 Å². The van der Waals surface area contributed by atoms with E-state index in [2.05, 4.69) is 5.32 Å². The molecular weight excluding hydrogens is 256 g/mol. The van der Waals surface area contributed by atoms with Gasteiger partial charge in [0, 0.05) is 32.7 Å². The van der Waals surface area contributed by atoms with Crippen LogP contribution in [-0.4, -0.2) is 66.9 Å². The highest BCUT2D eigenvalue weighted by molar-refractivity contribution is 5.82. The van der Waals surface area contributed by atoms with Gasteiger partial charge in [0.05, 0.1) is 6.54 Å². The van der Waals surface area contributed by atoms with Gasteiger partial charge in [0.15, 0.2) is 0 Å². The van der Waals surface area contributed by atoms with Gasteiger partial charge in [-0.05, 0) is 12.8 Å². The number of nitrogens with two attached hydrogens (primary N) is 1. The van der Waals surface area contributed by atoms with Crippen molar-refractivity contribution in [3.63, 3.8) is 0 Å². The fourth-order valence-electron chi connectivity index (χ4n) is 3.17. The largest absolute Gasteiger partial charge is 0.368 e. The number of likely N-dealkylation sites (N-methyl/N-ethyl adjacent to an activating group) is 1. The zero-order chi connectivity index (χ0) is 14.5. The lowest BCUT2D eigenvalue weighted by molar-refractivity contribution is -0.136. The number of rotatable bonds is 4. The van der Waals surface area contributed by atoms with Crippen LogP contribution in [-0.2, 0) is 9.59 Å². The zero-order valence-electron chi connectivity index (χ0n) is 12.3. The predicted molar refractivity (Wildman–Crippen MR) is 77.1 cm³/mol. The Morgan fingerprint density at radius 1 is 1.30 bits per heavy atom.